The van der Waals surface area contributed by atoms with Crippen LogP contribution in [0.3, 0.4) is 0 Å². The Labute approximate surface area is 104 Å². The first kappa shape index (κ1) is 14.2. The standard InChI is InChI=1S/C14H23NO2/c1-3-12-4-6-13(7-5-12)8-9-15(2)14(10-16)11-17/h4-7,14,16-17H,3,8-11H2,1-2H3. The normalized spacial score (nSPS) is 11.4. The fourth-order valence-electron chi connectivity index (χ4n) is 1.77. The Morgan fingerprint density at radius 1 is 1.06 bits per heavy atom. The number of likely N-dealkylation sites (N-methyl/N-ethyl adjacent to an activating group) is 1. The summed E-state index contributed by atoms with van der Waals surface area (Å²) >= 11 is 0. The molecule has 0 aliphatic heterocycles. The predicted molar refractivity (Wildman–Crippen MR) is 70.1 cm³/mol. The van der Waals surface area contributed by atoms with Crippen LogP contribution in [0.5, 0.6) is 0 Å². The molecule has 17 heavy (non-hydrogen) atoms. The van der Waals surface area contributed by atoms with Crippen molar-refractivity contribution in [2.45, 2.75) is 25.8 Å². The first-order chi connectivity index (χ1) is 8.21. The number of nitrogens with zero attached hydrogens (tertiary/aromatic N) is 1. The molecule has 96 valence electrons. The number of rotatable bonds is 7. The van der Waals surface area contributed by atoms with Gasteiger partial charge in [0.1, 0.15) is 0 Å². The summed E-state index contributed by atoms with van der Waals surface area (Å²) in [6.45, 7) is 3.00. The van der Waals surface area contributed by atoms with Gasteiger partial charge in [-0.25, -0.2) is 0 Å². The first-order valence-electron chi connectivity index (χ1n) is 6.21. The minimum atomic E-state index is -0.148. The average Bonchev–Trinajstić information content (AvgIpc) is 2.38. The Bertz CT molecular complexity index is 307. The molecule has 3 heteroatoms. The topological polar surface area (TPSA) is 43.7 Å². The van der Waals surface area contributed by atoms with Crippen molar-refractivity contribution in [2.75, 3.05) is 26.8 Å². The highest BCUT2D eigenvalue weighted by Gasteiger charge is 2.11. The maximum atomic E-state index is 9.06. The van der Waals surface area contributed by atoms with Gasteiger partial charge in [-0.3, -0.25) is 4.90 Å². The van der Waals surface area contributed by atoms with Gasteiger partial charge in [0.05, 0.1) is 19.3 Å². The highest BCUT2D eigenvalue weighted by molar-refractivity contribution is 5.22. The van der Waals surface area contributed by atoms with E-state index < -0.39 is 0 Å². The third kappa shape index (κ3) is 4.46. The molecule has 0 saturated carbocycles. The Morgan fingerprint density at radius 2 is 1.59 bits per heavy atom. The summed E-state index contributed by atoms with van der Waals surface area (Å²) in [7, 11) is 1.93. The second-order valence-corrected chi connectivity index (χ2v) is 4.42. The molecule has 0 aromatic heterocycles. The van der Waals surface area contributed by atoms with Crippen LogP contribution in [0.1, 0.15) is 18.1 Å². The van der Waals surface area contributed by atoms with Crippen LogP contribution in [-0.4, -0.2) is 48.0 Å². The van der Waals surface area contributed by atoms with E-state index in [1.807, 2.05) is 11.9 Å². The van der Waals surface area contributed by atoms with E-state index in [1.165, 1.54) is 11.1 Å². The lowest BCUT2D eigenvalue weighted by Gasteiger charge is -2.24. The fraction of sp³-hybridized carbons (Fsp3) is 0.571. The third-order valence-corrected chi connectivity index (χ3v) is 3.23. The van der Waals surface area contributed by atoms with Gasteiger partial charge in [-0.2, -0.15) is 0 Å². The zero-order valence-electron chi connectivity index (χ0n) is 10.8. The van der Waals surface area contributed by atoms with E-state index in [1.54, 1.807) is 0 Å². The predicted octanol–water partition coefficient (Wildman–Crippen LogP) is 1.08. The molecule has 0 unspecified atom stereocenters. The number of hydrogen-bond acceptors (Lipinski definition) is 3. The van der Waals surface area contributed by atoms with Crippen molar-refractivity contribution in [3.63, 3.8) is 0 Å². The van der Waals surface area contributed by atoms with Gasteiger partial charge in [-0.1, -0.05) is 31.2 Å². The Morgan fingerprint density at radius 3 is 2.06 bits per heavy atom. The smallest absolute Gasteiger partial charge is 0.0609 e. The van der Waals surface area contributed by atoms with Crippen molar-refractivity contribution < 1.29 is 10.2 Å². The van der Waals surface area contributed by atoms with Gasteiger partial charge in [0, 0.05) is 6.54 Å². The van der Waals surface area contributed by atoms with E-state index in [-0.39, 0.29) is 19.3 Å². The fourth-order valence-corrected chi connectivity index (χ4v) is 1.77. The highest BCUT2D eigenvalue weighted by Crippen LogP contribution is 2.07. The van der Waals surface area contributed by atoms with Crippen LogP contribution in [0, 0.1) is 0 Å². The number of benzene rings is 1. The molecule has 1 aromatic carbocycles. The van der Waals surface area contributed by atoms with Crippen LogP contribution in [0.15, 0.2) is 24.3 Å². The van der Waals surface area contributed by atoms with E-state index in [0.717, 1.165) is 19.4 Å². The molecular formula is C14H23NO2. The van der Waals surface area contributed by atoms with Crippen LogP contribution >= 0.6 is 0 Å². The van der Waals surface area contributed by atoms with Crippen molar-refractivity contribution in [3.05, 3.63) is 35.4 Å². The first-order valence-corrected chi connectivity index (χ1v) is 6.21. The lowest BCUT2D eigenvalue weighted by atomic mass is 10.1. The summed E-state index contributed by atoms with van der Waals surface area (Å²) < 4.78 is 0. The second-order valence-electron chi connectivity index (χ2n) is 4.42. The molecule has 0 aliphatic carbocycles. The monoisotopic (exact) mass is 237 g/mol. The van der Waals surface area contributed by atoms with Crippen LogP contribution in [0.2, 0.25) is 0 Å². The van der Waals surface area contributed by atoms with Crippen molar-refractivity contribution in [1.29, 1.82) is 0 Å². The molecule has 1 rings (SSSR count). The Hall–Kier alpha value is -0.900. The van der Waals surface area contributed by atoms with Gasteiger partial charge in [0.15, 0.2) is 0 Å². The highest BCUT2D eigenvalue weighted by atomic mass is 16.3. The lowest BCUT2D eigenvalue weighted by Crippen LogP contribution is -2.38. The van der Waals surface area contributed by atoms with Crippen molar-refractivity contribution in [3.8, 4) is 0 Å². The molecule has 2 N–H and O–H groups in total. The zero-order chi connectivity index (χ0) is 12.7. The summed E-state index contributed by atoms with van der Waals surface area (Å²) in [6.07, 6.45) is 2.01. The van der Waals surface area contributed by atoms with E-state index in [0.29, 0.717) is 0 Å². The van der Waals surface area contributed by atoms with Crippen LogP contribution in [0.4, 0.5) is 0 Å². The van der Waals surface area contributed by atoms with E-state index in [2.05, 4.69) is 31.2 Å². The van der Waals surface area contributed by atoms with Gasteiger partial charge in [-0.05, 0) is 31.0 Å². The number of aliphatic hydroxyl groups excluding tert-OH is 2. The molecule has 0 amide bonds. The Kier molecular flexibility index (Phi) is 6.19. The third-order valence-electron chi connectivity index (χ3n) is 3.23. The number of aryl methyl sites for hydroxylation is 1. The molecule has 0 heterocycles. The Balaban J connectivity index is 2.43. The van der Waals surface area contributed by atoms with Gasteiger partial charge in [0.2, 0.25) is 0 Å². The summed E-state index contributed by atoms with van der Waals surface area (Å²) in [6, 6.07) is 8.47. The molecule has 0 saturated heterocycles. The number of hydrogen-bond donors (Lipinski definition) is 2. The minimum absolute atomic E-state index is 0.00176. The van der Waals surface area contributed by atoms with Crippen LogP contribution < -0.4 is 0 Å². The van der Waals surface area contributed by atoms with Gasteiger partial charge < -0.3 is 10.2 Å². The van der Waals surface area contributed by atoms with Crippen molar-refractivity contribution in [1.82, 2.24) is 4.90 Å². The van der Waals surface area contributed by atoms with Gasteiger partial charge in [-0.15, -0.1) is 0 Å². The SMILES string of the molecule is CCc1ccc(CCN(C)C(CO)CO)cc1. The van der Waals surface area contributed by atoms with Gasteiger partial charge >= 0.3 is 0 Å². The molecular weight excluding hydrogens is 214 g/mol. The quantitative estimate of drug-likeness (QED) is 0.746. The van der Waals surface area contributed by atoms with Crippen molar-refractivity contribution >= 4 is 0 Å². The second kappa shape index (κ2) is 7.43. The molecule has 0 spiro atoms. The summed E-state index contributed by atoms with van der Waals surface area (Å²) in [5.41, 5.74) is 2.65. The summed E-state index contributed by atoms with van der Waals surface area (Å²) in [5.74, 6) is 0. The van der Waals surface area contributed by atoms with E-state index in [4.69, 9.17) is 10.2 Å². The van der Waals surface area contributed by atoms with Crippen LogP contribution in [-0.2, 0) is 12.8 Å². The summed E-state index contributed by atoms with van der Waals surface area (Å²) in [4.78, 5) is 1.99. The molecule has 0 aliphatic rings. The average molecular weight is 237 g/mol. The zero-order valence-corrected chi connectivity index (χ0v) is 10.8. The largest absolute Gasteiger partial charge is 0.395 e. The van der Waals surface area contributed by atoms with Gasteiger partial charge in [0.25, 0.3) is 0 Å². The summed E-state index contributed by atoms with van der Waals surface area (Å²) in [5, 5.41) is 18.1. The maximum Gasteiger partial charge on any atom is 0.0609 e. The maximum absolute atomic E-state index is 9.06. The molecule has 0 bridgehead atoms. The number of aliphatic hydroxyl groups is 2. The van der Waals surface area contributed by atoms with Crippen LogP contribution in [0.25, 0.3) is 0 Å². The minimum Gasteiger partial charge on any atom is -0.395 e. The molecule has 0 fully saturated rings. The molecule has 1 aromatic rings. The molecule has 3 nitrogen and oxygen atoms in total. The van der Waals surface area contributed by atoms with E-state index in [9.17, 15) is 0 Å². The van der Waals surface area contributed by atoms with Crippen molar-refractivity contribution in [2.24, 2.45) is 0 Å². The molecule has 0 radical (unpaired) electrons. The van der Waals surface area contributed by atoms with E-state index >= 15 is 0 Å². The molecule has 0 atom stereocenters. The lowest BCUT2D eigenvalue weighted by molar-refractivity contribution is 0.0925.